The average molecular weight is 379 g/mol. The second kappa shape index (κ2) is 6.57. The van der Waals surface area contributed by atoms with Crippen LogP contribution in [0.1, 0.15) is 16.8 Å². The Balaban J connectivity index is 1.23. The van der Waals surface area contributed by atoms with E-state index in [9.17, 15) is 0 Å². The summed E-state index contributed by atoms with van der Waals surface area (Å²) in [4.78, 5) is 14.8. The van der Waals surface area contributed by atoms with Gasteiger partial charge in [-0.25, -0.2) is 9.97 Å². The van der Waals surface area contributed by atoms with Crippen LogP contribution < -0.4 is 0 Å². The number of hydrogen-bond donors (Lipinski definition) is 1. The van der Waals surface area contributed by atoms with Gasteiger partial charge in [-0.1, -0.05) is 30.3 Å². The Hall–Kier alpha value is -3.44. The molecule has 5 heteroatoms. The van der Waals surface area contributed by atoms with Gasteiger partial charge >= 0.3 is 0 Å². The molecule has 1 aliphatic heterocycles. The zero-order valence-corrected chi connectivity index (χ0v) is 16.0. The molecule has 0 radical (unpaired) electrons. The lowest BCUT2D eigenvalue weighted by molar-refractivity contribution is 0.287. The summed E-state index contributed by atoms with van der Waals surface area (Å²) < 4.78 is 2.10. The van der Waals surface area contributed by atoms with E-state index in [4.69, 9.17) is 4.98 Å². The summed E-state index contributed by atoms with van der Waals surface area (Å²) >= 11 is 0. The van der Waals surface area contributed by atoms with Gasteiger partial charge in [0.05, 0.1) is 23.1 Å². The third-order valence-electron chi connectivity index (χ3n) is 5.88. The summed E-state index contributed by atoms with van der Waals surface area (Å²) in [6.07, 6.45) is 6.92. The van der Waals surface area contributed by atoms with Crippen LogP contribution in [0.5, 0.6) is 0 Å². The van der Waals surface area contributed by atoms with E-state index in [1.54, 1.807) is 6.33 Å². The number of nitrogens with zero attached hydrogens (tertiary/aromatic N) is 4. The van der Waals surface area contributed by atoms with Crippen molar-refractivity contribution in [1.29, 1.82) is 0 Å². The average Bonchev–Trinajstić information content (AvgIpc) is 3.48. The number of rotatable bonds is 4. The maximum atomic E-state index is 4.74. The lowest BCUT2D eigenvalue weighted by Gasteiger charge is -2.14. The number of benzene rings is 2. The van der Waals surface area contributed by atoms with Crippen LogP contribution in [0.4, 0.5) is 0 Å². The van der Waals surface area contributed by atoms with Crippen LogP contribution in [0.3, 0.4) is 0 Å². The largest absolute Gasteiger partial charge is 0.345 e. The van der Waals surface area contributed by atoms with Crippen LogP contribution in [0.25, 0.3) is 27.8 Å². The molecule has 0 saturated carbocycles. The van der Waals surface area contributed by atoms with Gasteiger partial charge in [0.1, 0.15) is 5.65 Å². The number of imidazole rings is 2. The summed E-state index contributed by atoms with van der Waals surface area (Å²) in [5.74, 6) is 0. The number of H-pyrrole nitrogens is 1. The van der Waals surface area contributed by atoms with Crippen LogP contribution in [0, 0.1) is 0 Å². The van der Waals surface area contributed by atoms with E-state index in [0.29, 0.717) is 0 Å². The van der Waals surface area contributed by atoms with Crippen molar-refractivity contribution in [3.8, 4) is 11.1 Å². The first-order valence-corrected chi connectivity index (χ1v) is 10.0. The fourth-order valence-electron chi connectivity index (χ4n) is 4.40. The standard InChI is InChI=1S/C24H21N5/c1-2-10-29-14-19(27-24(29)6-1)9-11-28-13-18-4-3-5-20(21(18)15-28)17-7-8-22-23(12-17)26-16-25-22/h1-8,10,12,14,16H,9,11,13,15H2,(H,25,26). The number of hydrogen-bond acceptors (Lipinski definition) is 3. The van der Waals surface area contributed by atoms with Crippen LogP contribution in [0.15, 0.2) is 73.3 Å². The maximum absolute atomic E-state index is 4.74. The van der Waals surface area contributed by atoms with E-state index in [1.165, 1.54) is 22.3 Å². The minimum absolute atomic E-state index is 0.963. The van der Waals surface area contributed by atoms with Crippen LogP contribution in [-0.2, 0) is 19.5 Å². The fraction of sp³-hybridized carbons (Fsp3) is 0.167. The Morgan fingerprint density at radius 3 is 2.97 bits per heavy atom. The first-order valence-electron chi connectivity index (χ1n) is 10.0. The maximum Gasteiger partial charge on any atom is 0.136 e. The van der Waals surface area contributed by atoms with Crippen molar-refractivity contribution in [2.24, 2.45) is 0 Å². The molecule has 6 rings (SSSR count). The predicted molar refractivity (Wildman–Crippen MR) is 115 cm³/mol. The minimum Gasteiger partial charge on any atom is -0.345 e. The molecule has 0 bridgehead atoms. The number of pyridine rings is 1. The molecule has 0 saturated heterocycles. The van der Waals surface area contributed by atoms with Gasteiger partial charge in [0.2, 0.25) is 0 Å². The molecule has 0 amide bonds. The zero-order chi connectivity index (χ0) is 19.2. The fourth-order valence-corrected chi connectivity index (χ4v) is 4.40. The van der Waals surface area contributed by atoms with Crippen LogP contribution in [0.2, 0.25) is 0 Å². The normalized spacial score (nSPS) is 14.1. The van der Waals surface area contributed by atoms with Gasteiger partial charge in [0.25, 0.3) is 0 Å². The number of aromatic amines is 1. The Morgan fingerprint density at radius 2 is 2.00 bits per heavy atom. The smallest absolute Gasteiger partial charge is 0.136 e. The van der Waals surface area contributed by atoms with Gasteiger partial charge in [-0.15, -0.1) is 0 Å². The molecule has 2 aromatic carbocycles. The highest BCUT2D eigenvalue weighted by Gasteiger charge is 2.22. The third kappa shape index (κ3) is 2.91. The summed E-state index contributed by atoms with van der Waals surface area (Å²) in [7, 11) is 0. The molecule has 0 atom stereocenters. The van der Waals surface area contributed by atoms with Crippen LogP contribution in [-0.4, -0.2) is 30.8 Å². The van der Waals surface area contributed by atoms with E-state index in [1.807, 2.05) is 12.1 Å². The number of aromatic nitrogens is 4. The monoisotopic (exact) mass is 379 g/mol. The van der Waals surface area contributed by atoms with Gasteiger partial charge < -0.3 is 9.38 Å². The first-order chi connectivity index (χ1) is 14.3. The molecule has 5 nitrogen and oxygen atoms in total. The highest BCUT2D eigenvalue weighted by molar-refractivity contribution is 5.82. The van der Waals surface area contributed by atoms with Gasteiger partial charge in [0, 0.05) is 38.4 Å². The predicted octanol–water partition coefficient (Wildman–Crippen LogP) is 4.44. The van der Waals surface area contributed by atoms with Crippen molar-refractivity contribution in [2.45, 2.75) is 19.5 Å². The first kappa shape index (κ1) is 16.5. The van der Waals surface area contributed by atoms with Crippen molar-refractivity contribution < 1.29 is 0 Å². The van der Waals surface area contributed by atoms with Crippen molar-refractivity contribution in [3.63, 3.8) is 0 Å². The highest BCUT2D eigenvalue weighted by atomic mass is 15.1. The lowest BCUT2D eigenvalue weighted by atomic mass is 9.97. The Morgan fingerprint density at radius 1 is 1.00 bits per heavy atom. The molecule has 5 aromatic rings. The second-order valence-electron chi connectivity index (χ2n) is 7.74. The summed E-state index contributed by atoms with van der Waals surface area (Å²) in [6, 6.07) is 19.3. The van der Waals surface area contributed by atoms with E-state index < -0.39 is 0 Å². The molecule has 1 N–H and O–H groups in total. The zero-order valence-electron chi connectivity index (χ0n) is 16.0. The SMILES string of the molecule is c1cc2c(c(-c3ccc4nc[nH]c4c3)c1)CN(CCc1cn3ccccc3n1)C2. The molecule has 0 aliphatic carbocycles. The van der Waals surface area contributed by atoms with Crippen molar-refractivity contribution in [2.75, 3.05) is 6.54 Å². The minimum atomic E-state index is 0.963. The van der Waals surface area contributed by atoms with E-state index in [2.05, 4.69) is 74.1 Å². The summed E-state index contributed by atoms with van der Waals surface area (Å²) in [5, 5.41) is 0. The molecule has 0 unspecified atom stereocenters. The Bertz CT molecular complexity index is 1300. The molecule has 142 valence electrons. The molecule has 4 heterocycles. The summed E-state index contributed by atoms with van der Waals surface area (Å²) in [6.45, 7) is 3.00. The number of fused-ring (bicyclic) bond motifs is 3. The Kier molecular flexibility index (Phi) is 3.74. The van der Waals surface area contributed by atoms with E-state index in [0.717, 1.165) is 48.4 Å². The van der Waals surface area contributed by atoms with Gasteiger partial charge in [-0.05, 0) is 46.5 Å². The molecule has 0 fully saturated rings. The Labute approximate surface area is 168 Å². The number of nitrogens with one attached hydrogen (secondary N) is 1. The van der Waals surface area contributed by atoms with Gasteiger partial charge in [-0.2, -0.15) is 0 Å². The molecule has 0 spiro atoms. The van der Waals surface area contributed by atoms with E-state index >= 15 is 0 Å². The van der Waals surface area contributed by atoms with Gasteiger partial charge in [0.15, 0.2) is 0 Å². The van der Waals surface area contributed by atoms with Crippen molar-refractivity contribution >= 4 is 16.7 Å². The summed E-state index contributed by atoms with van der Waals surface area (Å²) in [5.41, 5.74) is 9.72. The molecular formula is C24H21N5. The van der Waals surface area contributed by atoms with E-state index in [-0.39, 0.29) is 0 Å². The van der Waals surface area contributed by atoms with Crippen LogP contribution >= 0.6 is 0 Å². The van der Waals surface area contributed by atoms with Gasteiger partial charge in [-0.3, -0.25) is 4.90 Å². The molecule has 3 aromatic heterocycles. The van der Waals surface area contributed by atoms with Crippen molar-refractivity contribution in [3.05, 3.63) is 90.1 Å². The third-order valence-corrected chi connectivity index (χ3v) is 5.88. The van der Waals surface area contributed by atoms with Crippen molar-refractivity contribution in [1.82, 2.24) is 24.3 Å². The highest BCUT2D eigenvalue weighted by Crippen LogP contribution is 2.33. The second-order valence-corrected chi connectivity index (χ2v) is 7.74. The molecular weight excluding hydrogens is 358 g/mol. The quantitative estimate of drug-likeness (QED) is 0.502. The molecule has 1 aliphatic rings. The topological polar surface area (TPSA) is 49.2 Å². The molecule has 29 heavy (non-hydrogen) atoms. The lowest BCUT2D eigenvalue weighted by Crippen LogP contribution is -2.19.